The summed E-state index contributed by atoms with van der Waals surface area (Å²) in [6.07, 6.45) is 0.806. The van der Waals surface area contributed by atoms with Crippen LogP contribution in [0, 0.1) is 0 Å². The van der Waals surface area contributed by atoms with Crippen LogP contribution in [0.5, 0.6) is 0 Å². The molecule has 0 fully saturated rings. The summed E-state index contributed by atoms with van der Waals surface area (Å²) >= 11 is 0. The molecule has 0 spiro atoms. The normalized spacial score (nSPS) is 12.3. The van der Waals surface area contributed by atoms with Crippen LogP contribution in [-0.4, -0.2) is 35.4 Å². The van der Waals surface area contributed by atoms with Gasteiger partial charge in [0.15, 0.2) is 0 Å². The minimum Gasteiger partial charge on any atom is -0.355 e. The minimum atomic E-state index is -0.335. The molecule has 0 rings (SSSR count). The second kappa shape index (κ2) is 5.71. The van der Waals surface area contributed by atoms with Crippen molar-refractivity contribution in [1.29, 1.82) is 0 Å². The maximum absolute atomic E-state index is 5.47. The molecule has 0 aromatic carbocycles. The van der Waals surface area contributed by atoms with Crippen LogP contribution >= 0.6 is 0 Å². The fourth-order valence-electron chi connectivity index (χ4n) is 1.06. The highest BCUT2D eigenvalue weighted by Crippen LogP contribution is 2.12. The average Bonchev–Trinajstić information content (AvgIpc) is 1.88. The van der Waals surface area contributed by atoms with E-state index >= 15 is 0 Å². The van der Waals surface area contributed by atoms with Crippen LogP contribution < -0.4 is 5.73 Å². The Hall–Kier alpha value is 0.0969. The van der Waals surface area contributed by atoms with Crippen LogP contribution in [0.15, 0.2) is 0 Å². The van der Waals surface area contributed by atoms with Gasteiger partial charge in [0.25, 0.3) is 0 Å². The molecule has 3 nitrogen and oxygen atoms in total. The van der Waals surface area contributed by atoms with Crippen LogP contribution in [0.3, 0.4) is 0 Å². The zero-order valence-corrected chi connectivity index (χ0v) is 9.72. The molecule has 0 atom stereocenters. The molecule has 0 aliphatic rings. The third-order valence-corrected chi connectivity index (χ3v) is 2.58. The average molecular weight is 177 g/mol. The van der Waals surface area contributed by atoms with E-state index in [1.54, 1.807) is 0 Å². The minimum absolute atomic E-state index is 0.335. The topological polar surface area (TPSA) is 44.5 Å². The van der Waals surface area contributed by atoms with Crippen molar-refractivity contribution in [2.45, 2.75) is 25.7 Å². The van der Waals surface area contributed by atoms with Crippen LogP contribution in [0.25, 0.3) is 0 Å². The number of hydrogen-bond acceptors (Lipinski definition) is 3. The van der Waals surface area contributed by atoms with Gasteiger partial charge in [-0.15, -0.1) is 0 Å². The maximum atomic E-state index is 5.47. The standard InChI is InChI=1S/C7H19NO2Si/c1-3-9-7(11,5-6-8)10-4-2/h3-6,8H2,1-2,11H3. The first-order valence-corrected chi connectivity index (χ1v) is 5.16. The van der Waals surface area contributed by atoms with Crippen molar-refractivity contribution in [3.63, 3.8) is 0 Å². The quantitative estimate of drug-likeness (QED) is 0.436. The molecule has 0 aliphatic heterocycles. The summed E-state index contributed by atoms with van der Waals surface area (Å²) in [5.74, 6) is 0. The summed E-state index contributed by atoms with van der Waals surface area (Å²) in [5.41, 5.74) is 5.10. The first-order chi connectivity index (χ1) is 5.18. The van der Waals surface area contributed by atoms with Gasteiger partial charge in [0.1, 0.15) is 5.41 Å². The Balaban J connectivity index is 3.79. The molecule has 0 amide bonds. The Kier molecular flexibility index (Phi) is 5.76. The van der Waals surface area contributed by atoms with E-state index in [0.29, 0.717) is 19.8 Å². The summed E-state index contributed by atoms with van der Waals surface area (Å²) in [5, 5.41) is 0. The number of ether oxygens (including phenoxy) is 2. The van der Waals surface area contributed by atoms with Gasteiger partial charge < -0.3 is 15.2 Å². The predicted molar refractivity (Wildman–Crippen MR) is 49.6 cm³/mol. The molecule has 0 saturated heterocycles. The Labute approximate surface area is 71.7 Å². The Morgan fingerprint density at radius 2 is 1.73 bits per heavy atom. The third kappa shape index (κ3) is 4.52. The third-order valence-electron chi connectivity index (χ3n) is 1.50. The lowest BCUT2D eigenvalue weighted by Gasteiger charge is -2.28. The van der Waals surface area contributed by atoms with Crippen molar-refractivity contribution in [2.24, 2.45) is 5.73 Å². The van der Waals surface area contributed by atoms with Crippen LogP contribution in [0.2, 0.25) is 0 Å². The van der Waals surface area contributed by atoms with E-state index in [9.17, 15) is 0 Å². The van der Waals surface area contributed by atoms with Gasteiger partial charge >= 0.3 is 0 Å². The van der Waals surface area contributed by atoms with Gasteiger partial charge in [0, 0.05) is 19.6 Å². The summed E-state index contributed by atoms with van der Waals surface area (Å²) < 4.78 is 10.9. The van der Waals surface area contributed by atoms with Gasteiger partial charge in [-0.05, 0) is 20.4 Å². The fourth-order valence-corrected chi connectivity index (χ4v) is 1.92. The molecule has 4 heteroatoms. The van der Waals surface area contributed by atoms with Gasteiger partial charge in [-0.1, -0.05) is 0 Å². The molecular formula is C7H19NO2Si. The molecule has 0 heterocycles. The Morgan fingerprint density at radius 1 is 1.27 bits per heavy atom. The highest BCUT2D eigenvalue weighted by atomic mass is 28.1. The zero-order valence-electron chi connectivity index (χ0n) is 7.72. The monoisotopic (exact) mass is 177 g/mol. The van der Waals surface area contributed by atoms with Crippen LogP contribution in [0.4, 0.5) is 0 Å². The molecule has 0 unspecified atom stereocenters. The smallest absolute Gasteiger partial charge is 0.142 e. The van der Waals surface area contributed by atoms with E-state index in [2.05, 4.69) is 0 Å². The number of rotatable bonds is 6. The molecule has 2 N–H and O–H groups in total. The van der Waals surface area contributed by atoms with E-state index in [4.69, 9.17) is 15.2 Å². The van der Waals surface area contributed by atoms with E-state index in [1.165, 1.54) is 0 Å². The lowest BCUT2D eigenvalue weighted by atomic mass is 10.4. The summed E-state index contributed by atoms with van der Waals surface area (Å²) in [4.78, 5) is 0. The van der Waals surface area contributed by atoms with Crippen molar-refractivity contribution in [1.82, 2.24) is 0 Å². The van der Waals surface area contributed by atoms with Gasteiger partial charge in [-0.25, -0.2) is 0 Å². The number of nitrogens with two attached hydrogens (primary N) is 1. The Morgan fingerprint density at radius 3 is 2.00 bits per heavy atom. The molecule has 0 aromatic rings. The summed E-state index contributed by atoms with van der Waals surface area (Å²) in [6.45, 7) is 5.97. The van der Waals surface area contributed by atoms with Crippen molar-refractivity contribution in [2.75, 3.05) is 19.8 Å². The highest BCUT2D eigenvalue weighted by Gasteiger charge is 2.22. The molecular weight excluding hydrogens is 158 g/mol. The second-order valence-corrected chi connectivity index (χ2v) is 4.06. The van der Waals surface area contributed by atoms with Crippen molar-refractivity contribution < 1.29 is 9.47 Å². The highest BCUT2D eigenvalue weighted by molar-refractivity contribution is 6.13. The molecule has 68 valence electrons. The zero-order chi connectivity index (χ0) is 8.74. The van der Waals surface area contributed by atoms with E-state index in [1.807, 2.05) is 13.8 Å². The molecule has 0 radical (unpaired) electrons. The molecule has 0 bridgehead atoms. The Bertz CT molecular complexity index is 83.4. The first-order valence-electron chi connectivity index (χ1n) is 4.16. The maximum Gasteiger partial charge on any atom is 0.142 e. The predicted octanol–water partition coefficient (Wildman–Crippen LogP) is -0.573. The largest absolute Gasteiger partial charge is 0.355 e. The van der Waals surface area contributed by atoms with Gasteiger partial charge in [0.05, 0.1) is 10.2 Å². The van der Waals surface area contributed by atoms with Crippen LogP contribution in [-0.2, 0) is 9.47 Å². The van der Waals surface area contributed by atoms with Crippen molar-refractivity contribution in [3.8, 4) is 0 Å². The summed E-state index contributed by atoms with van der Waals surface area (Å²) in [7, 11) is 0.873. The molecule has 0 aromatic heterocycles. The second-order valence-electron chi connectivity index (χ2n) is 2.54. The van der Waals surface area contributed by atoms with E-state index < -0.39 is 0 Å². The lowest BCUT2D eigenvalue weighted by Crippen LogP contribution is -2.38. The van der Waals surface area contributed by atoms with Crippen LogP contribution in [0.1, 0.15) is 20.3 Å². The van der Waals surface area contributed by atoms with Crippen molar-refractivity contribution >= 4 is 10.2 Å². The van der Waals surface area contributed by atoms with Crippen molar-refractivity contribution in [3.05, 3.63) is 0 Å². The first kappa shape index (κ1) is 11.1. The van der Waals surface area contributed by atoms with Gasteiger partial charge in [-0.2, -0.15) is 0 Å². The lowest BCUT2D eigenvalue weighted by molar-refractivity contribution is -0.175. The van der Waals surface area contributed by atoms with E-state index in [-0.39, 0.29) is 5.41 Å². The molecule has 0 saturated carbocycles. The van der Waals surface area contributed by atoms with E-state index in [0.717, 1.165) is 16.7 Å². The summed E-state index contributed by atoms with van der Waals surface area (Å²) in [6, 6.07) is 0. The van der Waals surface area contributed by atoms with Gasteiger partial charge in [0.2, 0.25) is 0 Å². The van der Waals surface area contributed by atoms with Gasteiger partial charge in [-0.3, -0.25) is 0 Å². The molecule has 11 heavy (non-hydrogen) atoms. The number of hydrogen-bond donors (Lipinski definition) is 1. The SMILES string of the molecule is CCOC([SiH3])(CCN)OCC. The molecule has 0 aliphatic carbocycles. The fraction of sp³-hybridized carbons (Fsp3) is 1.00.